The van der Waals surface area contributed by atoms with Crippen LogP contribution in [0.4, 0.5) is 0 Å². The fourth-order valence-electron chi connectivity index (χ4n) is 0.411. The van der Waals surface area contributed by atoms with Crippen LogP contribution in [0.15, 0.2) is 12.7 Å². The van der Waals surface area contributed by atoms with E-state index in [1.807, 2.05) is 0 Å². The fraction of sp³-hybridized carbons (Fsp3) is 0.286. The second kappa shape index (κ2) is 5.06. The Labute approximate surface area is 69.4 Å². The first-order valence-electron chi connectivity index (χ1n) is 3.26. The lowest BCUT2D eigenvalue weighted by Gasteiger charge is -1.99. The summed E-state index contributed by atoms with van der Waals surface area (Å²) in [6.07, 6.45) is 0.886. The van der Waals surface area contributed by atoms with E-state index in [2.05, 4.69) is 11.3 Å². The molecule has 0 radical (unpaired) electrons. The number of hydrogen-bond acceptors (Lipinski definition) is 4. The highest BCUT2D eigenvalue weighted by Crippen LogP contribution is 1.78. The molecular formula is C7H9NO4. The van der Waals surface area contributed by atoms with Gasteiger partial charge in [-0.2, -0.15) is 0 Å². The Morgan fingerprint density at radius 2 is 2.08 bits per heavy atom. The summed E-state index contributed by atoms with van der Waals surface area (Å²) in [5.41, 5.74) is 0. The molecule has 2 amide bonds. The van der Waals surface area contributed by atoms with Crippen LogP contribution >= 0.6 is 0 Å². The van der Waals surface area contributed by atoms with Crippen molar-refractivity contribution in [3.8, 4) is 0 Å². The first kappa shape index (κ1) is 10.3. The fourth-order valence-corrected chi connectivity index (χ4v) is 0.411. The highest BCUT2D eigenvalue weighted by atomic mass is 16.5. The van der Waals surface area contributed by atoms with Gasteiger partial charge in [0.1, 0.15) is 0 Å². The molecule has 0 atom stereocenters. The molecule has 0 saturated carbocycles. The lowest BCUT2D eigenvalue weighted by Crippen LogP contribution is -2.35. The average Bonchev–Trinajstić information content (AvgIpc) is 2.04. The predicted molar refractivity (Wildman–Crippen MR) is 40.0 cm³/mol. The minimum Gasteiger partial charge on any atom is -0.459 e. The number of ether oxygens (including phenoxy) is 1. The van der Waals surface area contributed by atoms with Crippen LogP contribution in [0, 0.1) is 0 Å². The summed E-state index contributed by atoms with van der Waals surface area (Å²) in [5.74, 6) is -2.89. The largest absolute Gasteiger partial charge is 0.459 e. The van der Waals surface area contributed by atoms with Crippen molar-refractivity contribution >= 4 is 17.8 Å². The molecule has 0 rings (SSSR count). The van der Waals surface area contributed by atoms with E-state index in [0.29, 0.717) is 0 Å². The second-order valence-electron chi connectivity index (χ2n) is 1.74. The van der Waals surface area contributed by atoms with Crippen molar-refractivity contribution in [3.63, 3.8) is 0 Å². The number of carbonyl (C=O) groups is 3. The summed E-state index contributed by atoms with van der Waals surface area (Å²) in [4.78, 5) is 31.7. The standard InChI is InChI=1S/C7H9NO4/c1-3-5(9)8-6(10)7(11)12-4-2/h3H,1,4H2,2H3,(H,8,9,10). The van der Waals surface area contributed by atoms with E-state index in [4.69, 9.17) is 0 Å². The van der Waals surface area contributed by atoms with Crippen molar-refractivity contribution in [2.75, 3.05) is 6.61 Å². The minimum atomic E-state index is -1.08. The van der Waals surface area contributed by atoms with Gasteiger partial charge < -0.3 is 4.74 Å². The Kier molecular flexibility index (Phi) is 4.36. The molecule has 5 nitrogen and oxygen atoms in total. The van der Waals surface area contributed by atoms with Crippen molar-refractivity contribution in [2.24, 2.45) is 0 Å². The molecular weight excluding hydrogens is 162 g/mol. The van der Waals surface area contributed by atoms with Gasteiger partial charge in [-0.1, -0.05) is 6.58 Å². The highest BCUT2D eigenvalue weighted by molar-refractivity contribution is 6.35. The zero-order valence-corrected chi connectivity index (χ0v) is 6.62. The molecule has 1 N–H and O–H groups in total. The van der Waals surface area contributed by atoms with Crippen LogP contribution in [0.2, 0.25) is 0 Å². The van der Waals surface area contributed by atoms with Gasteiger partial charge in [0.25, 0.3) is 0 Å². The van der Waals surface area contributed by atoms with Crippen LogP contribution in [-0.4, -0.2) is 24.4 Å². The molecule has 0 spiro atoms. The monoisotopic (exact) mass is 171 g/mol. The number of imide groups is 1. The Morgan fingerprint density at radius 3 is 2.50 bits per heavy atom. The molecule has 0 aliphatic rings. The van der Waals surface area contributed by atoms with E-state index in [-0.39, 0.29) is 6.61 Å². The third-order valence-electron chi connectivity index (χ3n) is 0.883. The minimum absolute atomic E-state index is 0.0918. The zero-order valence-electron chi connectivity index (χ0n) is 6.62. The lowest BCUT2D eigenvalue weighted by atomic mass is 10.5. The van der Waals surface area contributed by atoms with Gasteiger partial charge in [0.05, 0.1) is 6.61 Å². The van der Waals surface area contributed by atoms with E-state index >= 15 is 0 Å². The topological polar surface area (TPSA) is 72.5 Å². The summed E-state index contributed by atoms with van der Waals surface area (Å²) < 4.78 is 4.31. The quantitative estimate of drug-likeness (QED) is 0.341. The Hall–Kier alpha value is -1.65. The number of carbonyl (C=O) groups excluding carboxylic acids is 3. The maximum atomic E-state index is 10.6. The maximum Gasteiger partial charge on any atom is 0.397 e. The normalized spacial score (nSPS) is 8.42. The van der Waals surface area contributed by atoms with Crippen LogP contribution < -0.4 is 5.32 Å². The van der Waals surface area contributed by atoms with E-state index in [1.54, 1.807) is 12.2 Å². The molecule has 5 heteroatoms. The molecule has 0 heterocycles. The molecule has 0 fully saturated rings. The third kappa shape index (κ3) is 3.50. The molecule has 0 aromatic carbocycles. The third-order valence-corrected chi connectivity index (χ3v) is 0.883. The molecule has 12 heavy (non-hydrogen) atoms. The van der Waals surface area contributed by atoms with E-state index < -0.39 is 17.8 Å². The molecule has 66 valence electrons. The molecule has 0 saturated heterocycles. The van der Waals surface area contributed by atoms with Crippen molar-refractivity contribution in [1.82, 2.24) is 5.32 Å². The summed E-state index contributed by atoms with van der Waals surface area (Å²) in [7, 11) is 0. The van der Waals surface area contributed by atoms with Crippen LogP contribution in [-0.2, 0) is 19.1 Å². The van der Waals surface area contributed by atoms with Gasteiger partial charge in [0.2, 0.25) is 5.91 Å². The molecule has 0 aromatic rings. The van der Waals surface area contributed by atoms with E-state index in [0.717, 1.165) is 6.08 Å². The number of hydrogen-bond donors (Lipinski definition) is 1. The van der Waals surface area contributed by atoms with Gasteiger partial charge in [-0.3, -0.25) is 14.9 Å². The first-order valence-corrected chi connectivity index (χ1v) is 3.26. The first-order chi connectivity index (χ1) is 5.61. The summed E-state index contributed by atoms with van der Waals surface area (Å²) >= 11 is 0. The van der Waals surface area contributed by atoms with Gasteiger partial charge in [0.15, 0.2) is 0 Å². The van der Waals surface area contributed by atoms with E-state index in [9.17, 15) is 14.4 Å². The van der Waals surface area contributed by atoms with E-state index in [1.165, 1.54) is 0 Å². The van der Waals surface area contributed by atoms with Gasteiger partial charge in [0, 0.05) is 0 Å². The molecule has 0 aromatic heterocycles. The predicted octanol–water partition coefficient (Wildman–Crippen LogP) is -0.622. The molecule has 0 aliphatic heterocycles. The number of esters is 1. The van der Waals surface area contributed by atoms with Crippen molar-refractivity contribution in [2.45, 2.75) is 6.92 Å². The summed E-state index contributed by atoms with van der Waals surface area (Å²) in [6.45, 7) is 4.75. The molecule has 0 bridgehead atoms. The smallest absolute Gasteiger partial charge is 0.397 e. The average molecular weight is 171 g/mol. The van der Waals surface area contributed by atoms with Crippen LogP contribution in [0.3, 0.4) is 0 Å². The SMILES string of the molecule is C=CC(=O)NC(=O)C(=O)OCC. The van der Waals surface area contributed by atoms with Crippen LogP contribution in [0.5, 0.6) is 0 Å². The van der Waals surface area contributed by atoms with Gasteiger partial charge >= 0.3 is 11.9 Å². The maximum absolute atomic E-state index is 10.6. The second-order valence-corrected chi connectivity index (χ2v) is 1.74. The summed E-state index contributed by atoms with van der Waals surface area (Å²) in [5, 5.41) is 1.74. The Balaban J connectivity index is 3.95. The highest BCUT2D eigenvalue weighted by Gasteiger charge is 2.15. The lowest BCUT2D eigenvalue weighted by molar-refractivity contribution is -0.155. The van der Waals surface area contributed by atoms with Crippen molar-refractivity contribution in [3.05, 3.63) is 12.7 Å². The zero-order chi connectivity index (χ0) is 9.56. The van der Waals surface area contributed by atoms with Crippen LogP contribution in [0.25, 0.3) is 0 Å². The number of rotatable bonds is 2. The summed E-state index contributed by atoms with van der Waals surface area (Å²) in [6, 6.07) is 0. The van der Waals surface area contributed by atoms with Gasteiger partial charge in [-0.25, -0.2) is 4.79 Å². The van der Waals surface area contributed by atoms with Crippen LogP contribution in [0.1, 0.15) is 6.92 Å². The van der Waals surface area contributed by atoms with Gasteiger partial charge in [-0.15, -0.1) is 0 Å². The van der Waals surface area contributed by atoms with Crippen molar-refractivity contribution < 1.29 is 19.1 Å². The number of nitrogens with one attached hydrogen (secondary N) is 1. The molecule has 0 unspecified atom stereocenters. The van der Waals surface area contributed by atoms with Crippen molar-refractivity contribution in [1.29, 1.82) is 0 Å². The number of amides is 2. The Bertz CT molecular complexity index is 221. The Morgan fingerprint density at radius 1 is 1.50 bits per heavy atom. The van der Waals surface area contributed by atoms with Gasteiger partial charge in [-0.05, 0) is 13.0 Å². The molecule has 0 aliphatic carbocycles.